The molecule has 6 atom stereocenters. The van der Waals surface area contributed by atoms with Gasteiger partial charge in [0.05, 0.1) is 0 Å². The number of hydrogen-bond donors (Lipinski definition) is 0. The molecule has 0 N–H and O–H groups in total. The highest BCUT2D eigenvalue weighted by Crippen LogP contribution is 2.64. The maximum Gasteiger partial charge on any atom is 0.226 e. The highest BCUT2D eigenvalue weighted by molar-refractivity contribution is 5.86. The van der Waals surface area contributed by atoms with E-state index in [1.807, 2.05) is 25.7 Å². The van der Waals surface area contributed by atoms with Gasteiger partial charge in [-0.05, 0) is 82.0 Å². The molecule has 3 aliphatic rings. The molecule has 0 unspecified atom stereocenters. The van der Waals surface area contributed by atoms with E-state index in [4.69, 9.17) is 0 Å². The van der Waals surface area contributed by atoms with Crippen LogP contribution in [-0.2, 0) is 14.4 Å². The van der Waals surface area contributed by atoms with Crippen LogP contribution in [0.25, 0.3) is 0 Å². The molecule has 3 rings (SSSR count). The van der Waals surface area contributed by atoms with Crippen LogP contribution in [0.5, 0.6) is 0 Å². The lowest BCUT2D eigenvalue weighted by Crippen LogP contribution is -2.53. The number of carboxylic acids is 1. The first kappa shape index (κ1) is 21.3. The predicted octanol–water partition coefficient (Wildman–Crippen LogP) is 2.81. The molecule has 0 aromatic rings. The molecule has 0 spiro atoms. The monoisotopic (exact) mass is 390 g/mol. The van der Waals surface area contributed by atoms with Crippen LogP contribution in [0.2, 0.25) is 0 Å². The summed E-state index contributed by atoms with van der Waals surface area (Å²) in [6.07, 6.45) is 5.68. The molecule has 5 nitrogen and oxygen atoms in total. The van der Waals surface area contributed by atoms with E-state index in [0.29, 0.717) is 30.6 Å². The summed E-state index contributed by atoms with van der Waals surface area (Å²) < 4.78 is 0. The average molecular weight is 391 g/mol. The van der Waals surface area contributed by atoms with Crippen molar-refractivity contribution in [2.45, 2.75) is 79.1 Å². The largest absolute Gasteiger partial charge is 0.550 e. The molecule has 28 heavy (non-hydrogen) atoms. The molecule has 3 fully saturated rings. The number of nitrogens with zero attached hydrogens (tertiary/aromatic N) is 1. The molecule has 0 aromatic carbocycles. The Balaban J connectivity index is 1.84. The Morgan fingerprint density at radius 1 is 1.07 bits per heavy atom. The minimum atomic E-state index is -1.07. The molecule has 1 amide bonds. The molecule has 0 aromatic heterocycles. The van der Waals surface area contributed by atoms with Crippen molar-refractivity contribution in [3.63, 3.8) is 0 Å². The van der Waals surface area contributed by atoms with Gasteiger partial charge in [-0.25, -0.2) is 0 Å². The van der Waals surface area contributed by atoms with Gasteiger partial charge in [-0.15, -0.1) is 0 Å². The summed E-state index contributed by atoms with van der Waals surface area (Å²) in [5.74, 6) is 0.692. The molecule has 3 saturated carbocycles. The van der Waals surface area contributed by atoms with Crippen molar-refractivity contribution in [3.8, 4) is 0 Å². The highest BCUT2D eigenvalue weighted by Gasteiger charge is 2.60. The number of fused-ring (bicyclic) bond motifs is 3. The molecule has 0 radical (unpaired) electrons. The van der Waals surface area contributed by atoms with E-state index in [9.17, 15) is 19.5 Å². The van der Waals surface area contributed by atoms with Crippen molar-refractivity contribution < 1.29 is 19.5 Å². The number of amides is 1. The van der Waals surface area contributed by atoms with E-state index < -0.39 is 11.4 Å². The maximum atomic E-state index is 13.2. The van der Waals surface area contributed by atoms with Gasteiger partial charge in [0.15, 0.2) is 0 Å². The molecule has 0 aliphatic heterocycles. The number of hydrogen-bond acceptors (Lipinski definition) is 4. The van der Waals surface area contributed by atoms with Crippen molar-refractivity contribution in [1.82, 2.24) is 4.90 Å². The minimum absolute atomic E-state index is 0.0104. The summed E-state index contributed by atoms with van der Waals surface area (Å²) in [5.41, 5.74) is -0.540. The van der Waals surface area contributed by atoms with Crippen LogP contribution in [0.4, 0.5) is 0 Å². The molecule has 0 heterocycles. The zero-order chi connectivity index (χ0) is 20.7. The molecule has 5 heteroatoms. The van der Waals surface area contributed by atoms with Crippen molar-refractivity contribution >= 4 is 17.7 Å². The van der Waals surface area contributed by atoms with Crippen LogP contribution >= 0.6 is 0 Å². The van der Waals surface area contributed by atoms with Gasteiger partial charge in [-0.3, -0.25) is 9.59 Å². The molecule has 0 saturated heterocycles. The van der Waals surface area contributed by atoms with Crippen LogP contribution in [0.3, 0.4) is 0 Å². The third-order valence-electron chi connectivity index (χ3n) is 8.82. The van der Waals surface area contributed by atoms with Gasteiger partial charge in [0, 0.05) is 36.8 Å². The summed E-state index contributed by atoms with van der Waals surface area (Å²) in [7, 11) is 0. The third-order valence-corrected chi connectivity index (χ3v) is 8.82. The van der Waals surface area contributed by atoms with Gasteiger partial charge in [-0.1, -0.05) is 13.8 Å². The quantitative estimate of drug-likeness (QED) is 0.699. The Labute approximate surface area is 169 Å². The molecular formula is C23H36NO4-. The zero-order valence-corrected chi connectivity index (χ0v) is 18.0. The minimum Gasteiger partial charge on any atom is -0.550 e. The Kier molecular flexibility index (Phi) is 5.94. The number of aliphatic carboxylic acids is 1. The van der Waals surface area contributed by atoms with E-state index in [1.165, 1.54) is 0 Å². The number of ketones is 1. The summed E-state index contributed by atoms with van der Waals surface area (Å²) >= 11 is 0. The Morgan fingerprint density at radius 3 is 2.36 bits per heavy atom. The number of rotatable bonds is 6. The lowest BCUT2D eigenvalue weighted by atomic mass is 9.48. The average Bonchev–Trinajstić information content (AvgIpc) is 3.01. The maximum absolute atomic E-state index is 13.2. The van der Waals surface area contributed by atoms with Gasteiger partial charge in [-0.2, -0.15) is 0 Å². The first-order valence-electron chi connectivity index (χ1n) is 11.2. The van der Waals surface area contributed by atoms with E-state index in [0.717, 1.165) is 45.2 Å². The first-order chi connectivity index (χ1) is 13.2. The number of carbonyl (C=O) groups excluding carboxylic acids is 3. The fourth-order valence-electron chi connectivity index (χ4n) is 7.12. The van der Waals surface area contributed by atoms with Gasteiger partial charge in [0.25, 0.3) is 0 Å². The molecular weight excluding hydrogens is 354 g/mol. The Bertz CT molecular complexity index is 643. The van der Waals surface area contributed by atoms with Crippen LogP contribution in [-0.4, -0.2) is 35.6 Å². The standard InChI is InChI=1S/C23H37NO4/c1-5-24(6-2)21(28)18-9-8-16-15-7-10-19(25)23(4,14-12-20(26)27)17(15)11-13-22(16,18)3/h15-18H,5-14H2,1-4H3,(H,26,27)/p-1/t15-,16-,17+,18-,22-,23-/m0/s1. The van der Waals surface area contributed by atoms with Crippen molar-refractivity contribution in [3.05, 3.63) is 0 Å². The van der Waals surface area contributed by atoms with Gasteiger partial charge >= 0.3 is 0 Å². The van der Waals surface area contributed by atoms with Crippen molar-refractivity contribution in [1.29, 1.82) is 0 Å². The topological polar surface area (TPSA) is 77.5 Å². The van der Waals surface area contributed by atoms with Crippen molar-refractivity contribution in [2.75, 3.05) is 13.1 Å². The van der Waals surface area contributed by atoms with Crippen molar-refractivity contribution in [2.24, 2.45) is 34.5 Å². The second kappa shape index (κ2) is 7.79. The smallest absolute Gasteiger partial charge is 0.226 e. The first-order valence-corrected chi connectivity index (χ1v) is 11.2. The summed E-state index contributed by atoms with van der Waals surface area (Å²) in [6.45, 7) is 9.90. The molecule has 3 aliphatic carbocycles. The fraction of sp³-hybridized carbons (Fsp3) is 0.870. The Hall–Kier alpha value is -1.39. The van der Waals surface area contributed by atoms with E-state index >= 15 is 0 Å². The van der Waals surface area contributed by atoms with Crippen LogP contribution in [0, 0.1) is 34.5 Å². The predicted molar refractivity (Wildman–Crippen MR) is 105 cm³/mol. The summed E-state index contributed by atoms with van der Waals surface area (Å²) in [6, 6.07) is 0. The second-order valence-corrected chi connectivity index (χ2v) is 9.81. The van der Waals surface area contributed by atoms with Crippen LogP contribution in [0.1, 0.15) is 79.1 Å². The second-order valence-electron chi connectivity index (χ2n) is 9.81. The molecule has 158 valence electrons. The SMILES string of the molecule is CCN(CC)C(=O)[C@@H]1CC[C@H]2[C@@H]3CCC(=O)[C@@](C)(CCC(=O)[O-])[C@@H]3CC[C@]12C. The number of Topliss-reactive ketones (excluding diaryl/α,β-unsaturated/α-hetero) is 1. The molecule has 0 bridgehead atoms. The lowest BCUT2D eigenvalue weighted by molar-refractivity contribution is -0.306. The van der Waals surface area contributed by atoms with Gasteiger partial charge in [0.2, 0.25) is 5.91 Å². The van der Waals surface area contributed by atoms with Crippen LogP contribution < -0.4 is 5.11 Å². The highest BCUT2D eigenvalue weighted by atomic mass is 16.4. The van der Waals surface area contributed by atoms with Crippen LogP contribution in [0.15, 0.2) is 0 Å². The van der Waals surface area contributed by atoms with Gasteiger partial charge < -0.3 is 14.8 Å². The van der Waals surface area contributed by atoms with E-state index in [1.54, 1.807) is 0 Å². The van der Waals surface area contributed by atoms with Gasteiger partial charge in [0.1, 0.15) is 5.78 Å². The lowest BCUT2D eigenvalue weighted by Gasteiger charge is -2.55. The van der Waals surface area contributed by atoms with E-state index in [2.05, 4.69) is 6.92 Å². The summed E-state index contributed by atoms with van der Waals surface area (Å²) in [4.78, 5) is 39.0. The summed E-state index contributed by atoms with van der Waals surface area (Å²) in [5, 5.41) is 11.1. The number of carboxylic acid groups (broad SMARTS) is 1. The Morgan fingerprint density at radius 2 is 1.75 bits per heavy atom. The third kappa shape index (κ3) is 3.29. The normalized spacial score (nSPS) is 39.9. The zero-order valence-electron chi connectivity index (χ0n) is 18.0. The fourth-order valence-corrected chi connectivity index (χ4v) is 7.12. The number of carbonyl (C=O) groups is 3. The van der Waals surface area contributed by atoms with E-state index in [-0.39, 0.29) is 29.5 Å².